The summed E-state index contributed by atoms with van der Waals surface area (Å²) in [5, 5.41) is 0. The summed E-state index contributed by atoms with van der Waals surface area (Å²) >= 11 is 3.73. The number of rotatable bonds is 1. The predicted molar refractivity (Wildman–Crippen MR) is 81.8 cm³/mol. The Morgan fingerprint density at radius 2 is 1.61 bits per heavy atom. The number of hydrogen-bond acceptors (Lipinski definition) is 3. The van der Waals surface area contributed by atoms with Gasteiger partial charge >= 0.3 is 0 Å². The third-order valence-corrected chi connectivity index (χ3v) is 6.17. The number of fused-ring (bicyclic) bond motifs is 1. The zero-order valence-electron chi connectivity index (χ0n) is 10.9. The quantitative estimate of drug-likeness (QED) is 0.627. The molecule has 3 rings (SSSR count). The van der Waals surface area contributed by atoms with E-state index in [1.807, 2.05) is 16.8 Å². The van der Waals surface area contributed by atoms with E-state index >= 15 is 0 Å². The van der Waals surface area contributed by atoms with Crippen LogP contribution in [0.1, 0.15) is 68.6 Å². The van der Waals surface area contributed by atoms with Crippen LogP contribution in [-0.2, 0) is 0 Å². The minimum Gasteiger partial charge on any atom is -0.234 e. The molecule has 0 aliphatic heterocycles. The van der Waals surface area contributed by atoms with Gasteiger partial charge in [0.1, 0.15) is 4.83 Å². The molecule has 2 aromatic rings. The molecule has 0 radical (unpaired) electrons. The molecule has 3 heteroatoms. The monoisotopic (exact) mass is 279 g/mol. The van der Waals surface area contributed by atoms with Crippen molar-refractivity contribution in [3.8, 4) is 0 Å². The van der Waals surface area contributed by atoms with Crippen LogP contribution >= 0.6 is 22.7 Å². The number of thiophene rings is 1. The van der Waals surface area contributed by atoms with Gasteiger partial charge in [-0.25, -0.2) is 4.98 Å². The Morgan fingerprint density at radius 1 is 0.944 bits per heavy atom. The van der Waals surface area contributed by atoms with Crippen molar-refractivity contribution in [2.24, 2.45) is 0 Å². The summed E-state index contributed by atoms with van der Waals surface area (Å²) < 4.78 is 1.40. The fourth-order valence-corrected chi connectivity index (χ4v) is 5.08. The summed E-state index contributed by atoms with van der Waals surface area (Å²) in [6.45, 7) is 0. The van der Waals surface area contributed by atoms with Gasteiger partial charge in [-0.15, -0.1) is 22.7 Å². The van der Waals surface area contributed by atoms with E-state index in [0.717, 1.165) is 5.92 Å². The van der Waals surface area contributed by atoms with Crippen LogP contribution in [0.5, 0.6) is 0 Å². The lowest BCUT2D eigenvalue weighted by Crippen LogP contribution is -1.99. The Kier molecular flexibility index (Phi) is 4.32. The zero-order chi connectivity index (χ0) is 12.2. The van der Waals surface area contributed by atoms with Gasteiger partial charge in [0.15, 0.2) is 0 Å². The highest BCUT2D eigenvalue weighted by molar-refractivity contribution is 7.26. The largest absolute Gasteiger partial charge is 0.234 e. The summed E-state index contributed by atoms with van der Waals surface area (Å²) in [5.41, 5.74) is 1.97. The predicted octanol–water partition coefficient (Wildman–Crippen LogP) is 5.97. The first-order chi connectivity index (χ1) is 8.93. The molecule has 98 valence electrons. The molecule has 0 bridgehead atoms. The van der Waals surface area contributed by atoms with E-state index in [2.05, 4.69) is 11.1 Å². The lowest BCUT2D eigenvalue weighted by atomic mass is 9.91. The van der Waals surface area contributed by atoms with Crippen molar-refractivity contribution in [3.05, 3.63) is 16.5 Å². The Labute approximate surface area is 117 Å². The van der Waals surface area contributed by atoms with Crippen molar-refractivity contribution < 1.29 is 0 Å². The fraction of sp³-hybridized carbons (Fsp3) is 0.667. The van der Waals surface area contributed by atoms with Crippen molar-refractivity contribution in [1.29, 1.82) is 0 Å². The second-order valence-electron chi connectivity index (χ2n) is 5.42. The van der Waals surface area contributed by atoms with Gasteiger partial charge in [0, 0.05) is 4.88 Å². The molecule has 18 heavy (non-hydrogen) atoms. The molecule has 0 unspecified atom stereocenters. The van der Waals surface area contributed by atoms with Crippen LogP contribution in [0.25, 0.3) is 9.53 Å². The molecule has 0 saturated heterocycles. The number of thiazole rings is 1. The molecule has 0 aromatic carbocycles. The Balaban J connectivity index is 1.72. The standard InChI is InChI=1S/C15H21NS2/c1-2-4-6-8-12(9-7-5-3-1)13-10-14-15(18-13)16-11-17-14/h10-12H,1-9H2. The third kappa shape index (κ3) is 2.94. The lowest BCUT2D eigenvalue weighted by Gasteiger charge is -2.16. The van der Waals surface area contributed by atoms with E-state index in [1.54, 1.807) is 16.2 Å². The van der Waals surface area contributed by atoms with Crippen LogP contribution in [0.15, 0.2) is 11.6 Å². The van der Waals surface area contributed by atoms with Gasteiger partial charge in [-0.3, -0.25) is 0 Å². The van der Waals surface area contributed by atoms with E-state index in [4.69, 9.17) is 0 Å². The highest BCUT2D eigenvalue weighted by Gasteiger charge is 2.16. The molecule has 1 fully saturated rings. The summed E-state index contributed by atoms with van der Waals surface area (Å²) in [6, 6.07) is 2.41. The van der Waals surface area contributed by atoms with Crippen molar-refractivity contribution in [3.63, 3.8) is 0 Å². The Morgan fingerprint density at radius 3 is 2.28 bits per heavy atom. The number of hydrogen-bond donors (Lipinski definition) is 0. The molecule has 1 aliphatic carbocycles. The van der Waals surface area contributed by atoms with E-state index in [0.29, 0.717) is 0 Å². The topological polar surface area (TPSA) is 12.9 Å². The van der Waals surface area contributed by atoms with Gasteiger partial charge in [0.05, 0.1) is 10.2 Å². The minimum atomic E-state index is 0.814. The average Bonchev–Trinajstić information content (AvgIpc) is 2.96. The lowest BCUT2D eigenvalue weighted by molar-refractivity contribution is 0.466. The van der Waals surface area contributed by atoms with Crippen molar-refractivity contribution in [1.82, 2.24) is 4.98 Å². The van der Waals surface area contributed by atoms with Gasteiger partial charge in [-0.05, 0) is 24.8 Å². The molecule has 0 amide bonds. The molecular formula is C15H21NS2. The van der Waals surface area contributed by atoms with Crippen molar-refractivity contribution in [2.45, 2.75) is 63.7 Å². The third-order valence-electron chi connectivity index (χ3n) is 4.06. The smallest absolute Gasteiger partial charge is 0.134 e. The highest BCUT2D eigenvalue weighted by atomic mass is 32.1. The van der Waals surface area contributed by atoms with E-state index in [9.17, 15) is 0 Å². The first kappa shape index (κ1) is 12.6. The summed E-state index contributed by atoms with van der Waals surface area (Å²) in [5.74, 6) is 0.814. The maximum absolute atomic E-state index is 4.45. The van der Waals surface area contributed by atoms with Crippen LogP contribution in [0.3, 0.4) is 0 Å². The minimum absolute atomic E-state index is 0.814. The fourth-order valence-electron chi connectivity index (χ4n) is 2.98. The van der Waals surface area contributed by atoms with Crippen molar-refractivity contribution >= 4 is 32.2 Å². The summed E-state index contributed by atoms with van der Waals surface area (Å²) in [4.78, 5) is 7.31. The molecule has 1 saturated carbocycles. The maximum atomic E-state index is 4.45. The van der Waals surface area contributed by atoms with Gasteiger partial charge in [0.25, 0.3) is 0 Å². The highest BCUT2D eigenvalue weighted by Crippen LogP contribution is 2.37. The van der Waals surface area contributed by atoms with Crippen molar-refractivity contribution in [2.75, 3.05) is 0 Å². The second-order valence-corrected chi connectivity index (χ2v) is 7.37. The summed E-state index contributed by atoms with van der Waals surface area (Å²) in [7, 11) is 0. The van der Waals surface area contributed by atoms with Crippen LogP contribution in [0.4, 0.5) is 0 Å². The van der Waals surface area contributed by atoms with E-state index in [-0.39, 0.29) is 0 Å². The molecule has 0 N–H and O–H groups in total. The summed E-state index contributed by atoms with van der Waals surface area (Å²) in [6.07, 6.45) is 12.9. The SMILES string of the molecule is c1nc2sc(C3CCCCCCCCC3)cc2s1. The van der Waals surface area contributed by atoms with Crippen LogP contribution < -0.4 is 0 Å². The molecular weight excluding hydrogens is 258 g/mol. The molecule has 2 aromatic heterocycles. The second kappa shape index (κ2) is 6.16. The molecule has 0 spiro atoms. The number of aromatic nitrogens is 1. The molecule has 1 aliphatic rings. The molecule has 0 atom stereocenters. The molecule has 1 nitrogen and oxygen atoms in total. The van der Waals surface area contributed by atoms with E-state index < -0.39 is 0 Å². The zero-order valence-corrected chi connectivity index (χ0v) is 12.5. The van der Waals surface area contributed by atoms with Gasteiger partial charge in [-0.1, -0.05) is 44.9 Å². The number of nitrogens with zero attached hydrogens (tertiary/aromatic N) is 1. The Hall–Kier alpha value is -0.410. The van der Waals surface area contributed by atoms with Gasteiger partial charge in [0.2, 0.25) is 0 Å². The first-order valence-electron chi connectivity index (χ1n) is 7.26. The molecule has 2 heterocycles. The van der Waals surface area contributed by atoms with Gasteiger partial charge < -0.3 is 0 Å². The first-order valence-corrected chi connectivity index (χ1v) is 8.96. The van der Waals surface area contributed by atoms with Gasteiger partial charge in [-0.2, -0.15) is 0 Å². The van der Waals surface area contributed by atoms with Crippen LogP contribution in [0, 0.1) is 0 Å². The maximum Gasteiger partial charge on any atom is 0.134 e. The van der Waals surface area contributed by atoms with Crippen LogP contribution in [-0.4, -0.2) is 4.98 Å². The van der Waals surface area contributed by atoms with E-state index in [1.165, 1.54) is 67.3 Å². The average molecular weight is 279 g/mol. The Bertz CT molecular complexity index is 447. The van der Waals surface area contributed by atoms with Crippen LogP contribution in [0.2, 0.25) is 0 Å². The normalized spacial score (nSPS) is 20.2.